The van der Waals surface area contributed by atoms with E-state index < -0.39 is 0 Å². The molecule has 0 radical (unpaired) electrons. The average molecular weight is 278 g/mol. The third kappa shape index (κ3) is 4.88. The quantitative estimate of drug-likeness (QED) is 0.840. The van der Waals surface area contributed by atoms with Crippen molar-refractivity contribution in [3.8, 4) is 0 Å². The first-order valence-corrected chi connectivity index (χ1v) is 8.03. The third-order valence-electron chi connectivity index (χ3n) is 3.27. The summed E-state index contributed by atoms with van der Waals surface area (Å²) in [5.74, 6) is 1.19. The van der Waals surface area contributed by atoms with E-state index in [0.717, 1.165) is 25.0 Å². The van der Waals surface area contributed by atoms with Crippen LogP contribution >= 0.6 is 11.8 Å². The van der Waals surface area contributed by atoms with Crippen LogP contribution in [0.25, 0.3) is 0 Å². The number of aryl methyl sites for hydroxylation is 1. The summed E-state index contributed by atoms with van der Waals surface area (Å²) in [4.78, 5) is 11.6. The van der Waals surface area contributed by atoms with Gasteiger partial charge in [-0.25, -0.2) is 0 Å². The molecule has 4 heteroatoms. The highest BCUT2D eigenvalue weighted by molar-refractivity contribution is 7.99. The summed E-state index contributed by atoms with van der Waals surface area (Å²) in [7, 11) is 0. The van der Waals surface area contributed by atoms with Gasteiger partial charge in [-0.2, -0.15) is 0 Å². The third-order valence-corrected chi connectivity index (χ3v) is 4.29. The van der Waals surface area contributed by atoms with Gasteiger partial charge in [0.25, 0.3) is 0 Å². The fourth-order valence-electron chi connectivity index (χ4n) is 2.31. The molecule has 0 aliphatic carbocycles. The molecule has 1 saturated heterocycles. The Morgan fingerprint density at radius 2 is 2.11 bits per heavy atom. The van der Waals surface area contributed by atoms with Gasteiger partial charge in [0, 0.05) is 18.2 Å². The van der Waals surface area contributed by atoms with Crippen molar-refractivity contribution in [3.05, 3.63) is 35.9 Å². The maximum atomic E-state index is 11.6. The van der Waals surface area contributed by atoms with Crippen LogP contribution in [0.1, 0.15) is 31.7 Å². The van der Waals surface area contributed by atoms with E-state index in [2.05, 4.69) is 41.8 Å². The van der Waals surface area contributed by atoms with Crippen molar-refractivity contribution in [2.45, 2.75) is 44.1 Å². The van der Waals surface area contributed by atoms with Crippen molar-refractivity contribution in [1.82, 2.24) is 10.6 Å². The molecule has 1 aliphatic rings. The zero-order valence-electron chi connectivity index (χ0n) is 11.4. The predicted octanol–water partition coefficient (Wildman–Crippen LogP) is 2.52. The van der Waals surface area contributed by atoms with Crippen LogP contribution < -0.4 is 10.6 Å². The Morgan fingerprint density at radius 1 is 1.32 bits per heavy atom. The van der Waals surface area contributed by atoms with Crippen molar-refractivity contribution >= 4 is 17.7 Å². The van der Waals surface area contributed by atoms with Crippen molar-refractivity contribution in [1.29, 1.82) is 0 Å². The van der Waals surface area contributed by atoms with Crippen LogP contribution in [0.15, 0.2) is 30.3 Å². The van der Waals surface area contributed by atoms with E-state index in [0.29, 0.717) is 12.5 Å². The fourth-order valence-corrected chi connectivity index (χ4v) is 3.40. The molecule has 2 N–H and O–H groups in total. The first-order valence-electron chi connectivity index (χ1n) is 6.99. The number of hydrogen-bond acceptors (Lipinski definition) is 3. The highest BCUT2D eigenvalue weighted by Gasteiger charge is 2.24. The standard InChI is InChI=1S/C15H22N2OS/c1-2-6-13-11-14(18)17-15(16-13)19-10-9-12-7-4-3-5-8-12/h3-5,7-8,13,15-16H,2,6,9-11H2,1H3,(H,17,18). The van der Waals surface area contributed by atoms with E-state index in [1.54, 1.807) is 11.8 Å². The zero-order valence-corrected chi connectivity index (χ0v) is 12.2. The van der Waals surface area contributed by atoms with Crippen LogP contribution in [0.3, 0.4) is 0 Å². The molecule has 0 bridgehead atoms. The van der Waals surface area contributed by atoms with Gasteiger partial charge in [-0.1, -0.05) is 43.7 Å². The molecule has 2 rings (SSSR count). The lowest BCUT2D eigenvalue weighted by atomic mass is 10.1. The Morgan fingerprint density at radius 3 is 2.84 bits per heavy atom. The monoisotopic (exact) mass is 278 g/mol. The number of amides is 1. The molecule has 1 fully saturated rings. The number of rotatable bonds is 6. The summed E-state index contributed by atoms with van der Waals surface area (Å²) >= 11 is 1.78. The fraction of sp³-hybridized carbons (Fsp3) is 0.533. The SMILES string of the molecule is CCCC1CC(=O)NC(SCCc2ccccc2)N1. The van der Waals surface area contributed by atoms with Gasteiger partial charge in [0.2, 0.25) is 5.91 Å². The van der Waals surface area contributed by atoms with Crippen molar-refractivity contribution < 1.29 is 4.79 Å². The highest BCUT2D eigenvalue weighted by Crippen LogP contribution is 2.16. The minimum absolute atomic E-state index is 0.0708. The van der Waals surface area contributed by atoms with E-state index in [-0.39, 0.29) is 11.4 Å². The predicted molar refractivity (Wildman–Crippen MR) is 81.0 cm³/mol. The number of nitrogens with one attached hydrogen (secondary N) is 2. The number of thioether (sulfide) groups is 1. The second-order valence-corrected chi connectivity index (χ2v) is 6.12. The minimum atomic E-state index is 0.0708. The summed E-state index contributed by atoms with van der Waals surface area (Å²) in [6.45, 7) is 2.16. The van der Waals surface area contributed by atoms with Crippen molar-refractivity contribution in [2.75, 3.05) is 5.75 Å². The Labute approximate surface area is 119 Å². The first kappa shape index (κ1) is 14.4. The van der Waals surface area contributed by atoms with Gasteiger partial charge in [-0.3, -0.25) is 10.1 Å². The van der Waals surface area contributed by atoms with Gasteiger partial charge in [0.1, 0.15) is 5.50 Å². The molecule has 1 aromatic carbocycles. The molecule has 19 heavy (non-hydrogen) atoms. The maximum Gasteiger partial charge on any atom is 0.223 e. The summed E-state index contributed by atoms with van der Waals surface area (Å²) in [5, 5.41) is 6.51. The van der Waals surface area contributed by atoms with Gasteiger partial charge >= 0.3 is 0 Å². The molecule has 1 aliphatic heterocycles. The van der Waals surface area contributed by atoms with Crippen LogP contribution in [0.5, 0.6) is 0 Å². The lowest BCUT2D eigenvalue weighted by Crippen LogP contribution is -2.54. The normalized spacial score (nSPS) is 23.1. The van der Waals surface area contributed by atoms with E-state index in [4.69, 9.17) is 0 Å². The molecule has 2 unspecified atom stereocenters. The van der Waals surface area contributed by atoms with Gasteiger partial charge in [-0.15, -0.1) is 11.8 Å². The van der Waals surface area contributed by atoms with E-state index in [1.165, 1.54) is 5.56 Å². The molecule has 2 atom stereocenters. The molecule has 1 aromatic rings. The average Bonchev–Trinajstić information content (AvgIpc) is 2.40. The zero-order chi connectivity index (χ0) is 13.5. The number of hydrogen-bond donors (Lipinski definition) is 2. The molecule has 0 saturated carbocycles. The van der Waals surface area contributed by atoms with Gasteiger partial charge in [0.15, 0.2) is 0 Å². The maximum absolute atomic E-state index is 11.6. The van der Waals surface area contributed by atoms with Gasteiger partial charge < -0.3 is 5.32 Å². The van der Waals surface area contributed by atoms with E-state index in [1.807, 2.05) is 6.07 Å². The Balaban J connectivity index is 1.74. The lowest BCUT2D eigenvalue weighted by molar-refractivity contribution is -0.123. The van der Waals surface area contributed by atoms with E-state index in [9.17, 15) is 4.79 Å². The molecule has 104 valence electrons. The Kier molecular flexibility index (Phi) is 5.73. The lowest BCUT2D eigenvalue weighted by Gasteiger charge is -2.31. The Bertz CT molecular complexity index is 396. The Hall–Kier alpha value is -1.00. The molecular weight excluding hydrogens is 256 g/mol. The second-order valence-electron chi connectivity index (χ2n) is 4.91. The molecule has 1 heterocycles. The summed E-state index contributed by atoms with van der Waals surface area (Å²) in [5.41, 5.74) is 1.42. The van der Waals surface area contributed by atoms with Crippen LogP contribution in [0, 0.1) is 0 Å². The van der Waals surface area contributed by atoms with Crippen LogP contribution in [-0.2, 0) is 11.2 Å². The largest absolute Gasteiger partial charge is 0.332 e. The minimum Gasteiger partial charge on any atom is -0.332 e. The topological polar surface area (TPSA) is 41.1 Å². The van der Waals surface area contributed by atoms with Crippen LogP contribution in [-0.4, -0.2) is 23.2 Å². The number of carbonyl (C=O) groups excluding carboxylic acids is 1. The van der Waals surface area contributed by atoms with Gasteiger partial charge in [0.05, 0.1) is 0 Å². The molecule has 0 aromatic heterocycles. The smallest absolute Gasteiger partial charge is 0.223 e. The highest BCUT2D eigenvalue weighted by atomic mass is 32.2. The van der Waals surface area contributed by atoms with Crippen molar-refractivity contribution in [2.24, 2.45) is 0 Å². The van der Waals surface area contributed by atoms with Crippen molar-refractivity contribution in [3.63, 3.8) is 0 Å². The number of benzene rings is 1. The first-order chi connectivity index (χ1) is 9.28. The molecule has 0 spiro atoms. The summed E-state index contributed by atoms with van der Waals surface area (Å²) < 4.78 is 0. The van der Waals surface area contributed by atoms with Crippen LogP contribution in [0.2, 0.25) is 0 Å². The van der Waals surface area contributed by atoms with E-state index >= 15 is 0 Å². The second kappa shape index (κ2) is 7.56. The number of carbonyl (C=O) groups is 1. The molecular formula is C15H22N2OS. The van der Waals surface area contributed by atoms with Gasteiger partial charge in [-0.05, 0) is 18.4 Å². The van der Waals surface area contributed by atoms with Crippen LogP contribution in [0.4, 0.5) is 0 Å². The summed E-state index contributed by atoms with van der Waals surface area (Å²) in [6.07, 6.45) is 3.84. The summed E-state index contributed by atoms with van der Waals surface area (Å²) in [6, 6.07) is 10.8. The molecule has 1 amide bonds. The molecule has 3 nitrogen and oxygen atoms in total.